The van der Waals surface area contributed by atoms with Crippen LogP contribution in [0.2, 0.25) is 0 Å². The number of fused-ring (bicyclic) bond motifs is 2. The minimum atomic E-state index is -0.675. The molecule has 2 amide bonds. The maximum atomic E-state index is 12.7. The fourth-order valence-corrected chi connectivity index (χ4v) is 5.06. The Balaban J connectivity index is 1.51. The third-order valence-electron chi connectivity index (χ3n) is 5.12. The van der Waals surface area contributed by atoms with Crippen molar-refractivity contribution in [2.45, 2.75) is 45.1 Å². The van der Waals surface area contributed by atoms with Crippen LogP contribution in [-0.4, -0.2) is 30.4 Å². The summed E-state index contributed by atoms with van der Waals surface area (Å²) >= 11 is 1.44. The van der Waals surface area contributed by atoms with Gasteiger partial charge < -0.3 is 20.7 Å². The number of hydrogen-bond donors (Lipinski definition) is 3. The molecule has 2 aromatic rings. The van der Waals surface area contributed by atoms with E-state index in [0.717, 1.165) is 41.8 Å². The highest BCUT2D eigenvalue weighted by atomic mass is 32.1. The normalized spacial score (nSPS) is 17.4. The van der Waals surface area contributed by atoms with Gasteiger partial charge in [-0.25, -0.2) is 4.79 Å². The van der Waals surface area contributed by atoms with Gasteiger partial charge in [0.1, 0.15) is 11.0 Å². The molecule has 29 heavy (non-hydrogen) atoms. The van der Waals surface area contributed by atoms with E-state index in [-0.39, 0.29) is 24.8 Å². The van der Waals surface area contributed by atoms with Crippen LogP contribution in [0, 0.1) is 0 Å². The molecule has 0 spiro atoms. The predicted molar refractivity (Wildman–Crippen MR) is 113 cm³/mol. The third kappa shape index (κ3) is 3.98. The minimum absolute atomic E-state index is 0.0367. The van der Waals surface area contributed by atoms with Crippen LogP contribution in [0.15, 0.2) is 24.3 Å². The molecule has 1 aliphatic heterocycles. The molecule has 1 aliphatic carbocycles. The second-order valence-corrected chi connectivity index (χ2v) is 8.22. The number of anilines is 3. The van der Waals surface area contributed by atoms with Gasteiger partial charge in [0.05, 0.1) is 30.0 Å². The summed E-state index contributed by atoms with van der Waals surface area (Å²) < 4.78 is 5.22. The molecule has 4 rings (SSSR count). The Hall–Kier alpha value is -2.87. The van der Waals surface area contributed by atoms with E-state index >= 15 is 0 Å². The third-order valence-corrected chi connectivity index (χ3v) is 6.33. The van der Waals surface area contributed by atoms with Gasteiger partial charge in [-0.2, -0.15) is 0 Å². The van der Waals surface area contributed by atoms with Gasteiger partial charge in [0.25, 0.3) is 0 Å². The molecule has 0 bridgehead atoms. The lowest BCUT2D eigenvalue weighted by Gasteiger charge is -2.26. The Morgan fingerprint density at radius 2 is 1.97 bits per heavy atom. The fourth-order valence-electron chi connectivity index (χ4n) is 3.77. The quantitative estimate of drug-likeness (QED) is 0.651. The van der Waals surface area contributed by atoms with Crippen LogP contribution in [0.4, 0.5) is 16.4 Å². The minimum Gasteiger partial charge on any atom is -0.462 e. The molecular weight excluding hydrogens is 390 g/mol. The first-order valence-electron chi connectivity index (χ1n) is 9.84. The Morgan fingerprint density at radius 1 is 1.21 bits per heavy atom. The number of ether oxygens (including phenoxy) is 1. The zero-order valence-electron chi connectivity index (χ0n) is 16.2. The molecule has 0 saturated carbocycles. The van der Waals surface area contributed by atoms with Crippen molar-refractivity contribution in [2.75, 3.05) is 22.6 Å². The van der Waals surface area contributed by atoms with Crippen molar-refractivity contribution in [3.05, 3.63) is 40.3 Å². The standard InChI is InChI=1S/C21H23N3O4S/c1-2-28-21(27)18-12-7-3-6-10-16(12)29-20(18)24-17(25)11-15-19(26)23-14-9-5-4-8-13(14)22-15/h4-5,8-9,15,22H,2-3,6-7,10-11H2,1H3,(H,23,26)(H,24,25)/t15-/m1/s1. The van der Waals surface area contributed by atoms with Crippen LogP contribution in [-0.2, 0) is 27.2 Å². The Labute approximate surface area is 172 Å². The van der Waals surface area contributed by atoms with E-state index in [4.69, 9.17) is 4.74 Å². The number of carbonyl (C=O) groups is 3. The van der Waals surface area contributed by atoms with Crippen LogP contribution < -0.4 is 16.0 Å². The molecule has 2 heterocycles. The topological polar surface area (TPSA) is 96.5 Å². The first-order chi connectivity index (χ1) is 14.1. The number of esters is 1. The first kappa shape index (κ1) is 19.4. The Kier molecular flexibility index (Phi) is 5.53. The first-order valence-corrected chi connectivity index (χ1v) is 10.7. The van der Waals surface area contributed by atoms with Crippen LogP contribution in [0.5, 0.6) is 0 Å². The van der Waals surface area contributed by atoms with Gasteiger partial charge in [-0.15, -0.1) is 11.3 Å². The van der Waals surface area contributed by atoms with Crippen LogP contribution in [0.25, 0.3) is 0 Å². The average Bonchev–Trinajstić information content (AvgIpc) is 3.06. The molecule has 3 N–H and O–H groups in total. The lowest BCUT2D eigenvalue weighted by Crippen LogP contribution is -2.41. The molecule has 7 nitrogen and oxygen atoms in total. The number of amides is 2. The molecule has 8 heteroatoms. The van der Waals surface area contributed by atoms with Gasteiger partial charge in [-0.3, -0.25) is 9.59 Å². The summed E-state index contributed by atoms with van der Waals surface area (Å²) in [5, 5.41) is 9.30. The summed E-state index contributed by atoms with van der Waals surface area (Å²) in [7, 11) is 0. The number of rotatable bonds is 5. The number of hydrogen-bond acceptors (Lipinski definition) is 6. The van der Waals surface area contributed by atoms with Gasteiger partial charge in [-0.1, -0.05) is 12.1 Å². The summed E-state index contributed by atoms with van der Waals surface area (Å²) in [5.41, 5.74) is 2.96. The van der Waals surface area contributed by atoms with E-state index in [1.807, 2.05) is 18.2 Å². The number of benzene rings is 1. The molecule has 1 aromatic carbocycles. The zero-order chi connectivity index (χ0) is 20.4. The van der Waals surface area contributed by atoms with E-state index in [9.17, 15) is 14.4 Å². The molecule has 0 saturated heterocycles. The van der Waals surface area contributed by atoms with Gasteiger partial charge in [-0.05, 0) is 50.3 Å². The molecule has 2 aliphatic rings. The molecule has 1 atom stereocenters. The van der Waals surface area contributed by atoms with E-state index in [2.05, 4.69) is 16.0 Å². The second-order valence-electron chi connectivity index (χ2n) is 7.12. The van der Waals surface area contributed by atoms with Crippen molar-refractivity contribution in [1.29, 1.82) is 0 Å². The molecule has 0 unspecified atom stereocenters. The Morgan fingerprint density at radius 3 is 2.76 bits per heavy atom. The Bertz CT molecular complexity index is 969. The van der Waals surface area contributed by atoms with Crippen LogP contribution in [0.3, 0.4) is 0 Å². The van der Waals surface area contributed by atoms with E-state index < -0.39 is 12.0 Å². The van der Waals surface area contributed by atoms with Crippen molar-refractivity contribution in [3.8, 4) is 0 Å². The maximum Gasteiger partial charge on any atom is 0.341 e. The van der Waals surface area contributed by atoms with Gasteiger partial charge in [0, 0.05) is 4.88 Å². The summed E-state index contributed by atoms with van der Waals surface area (Å²) in [5.74, 6) is -0.972. The SMILES string of the molecule is CCOC(=O)c1c(NC(=O)C[C@H]2Nc3ccccc3NC2=O)sc2c1CCCC2. The van der Waals surface area contributed by atoms with Crippen molar-refractivity contribution in [1.82, 2.24) is 0 Å². The largest absolute Gasteiger partial charge is 0.462 e. The van der Waals surface area contributed by atoms with Crippen LogP contribution >= 0.6 is 11.3 Å². The van der Waals surface area contributed by atoms with E-state index in [1.165, 1.54) is 11.3 Å². The highest BCUT2D eigenvalue weighted by Gasteiger charge is 2.30. The highest BCUT2D eigenvalue weighted by molar-refractivity contribution is 7.17. The van der Waals surface area contributed by atoms with Crippen molar-refractivity contribution < 1.29 is 19.1 Å². The van der Waals surface area contributed by atoms with Crippen molar-refractivity contribution >= 4 is 45.5 Å². The lowest BCUT2D eigenvalue weighted by molar-refractivity contribution is -0.122. The maximum absolute atomic E-state index is 12.7. The molecular formula is C21H23N3O4S. The number of para-hydroxylation sites is 2. The number of carbonyl (C=O) groups excluding carboxylic acids is 3. The number of thiophene rings is 1. The summed E-state index contributed by atoms with van der Waals surface area (Å²) in [4.78, 5) is 38.7. The summed E-state index contributed by atoms with van der Waals surface area (Å²) in [6, 6.07) is 6.68. The van der Waals surface area contributed by atoms with Crippen LogP contribution in [0.1, 0.15) is 47.0 Å². The predicted octanol–water partition coefficient (Wildman–Crippen LogP) is 3.57. The number of aryl methyl sites for hydroxylation is 1. The summed E-state index contributed by atoms with van der Waals surface area (Å²) in [6.45, 7) is 2.04. The zero-order valence-corrected chi connectivity index (χ0v) is 17.0. The van der Waals surface area contributed by atoms with E-state index in [1.54, 1.807) is 13.0 Å². The number of nitrogens with one attached hydrogen (secondary N) is 3. The van der Waals surface area contributed by atoms with Gasteiger partial charge in [0.15, 0.2) is 0 Å². The van der Waals surface area contributed by atoms with E-state index in [0.29, 0.717) is 16.3 Å². The average molecular weight is 413 g/mol. The fraction of sp³-hybridized carbons (Fsp3) is 0.381. The molecule has 0 fully saturated rings. The van der Waals surface area contributed by atoms with Crippen molar-refractivity contribution in [2.24, 2.45) is 0 Å². The molecule has 0 radical (unpaired) electrons. The van der Waals surface area contributed by atoms with Crippen molar-refractivity contribution in [3.63, 3.8) is 0 Å². The highest BCUT2D eigenvalue weighted by Crippen LogP contribution is 2.38. The molecule has 152 valence electrons. The van der Waals surface area contributed by atoms with Gasteiger partial charge in [0.2, 0.25) is 11.8 Å². The second kappa shape index (κ2) is 8.24. The monoisotopic (exact) mass is 413 g/mol. The smallest absolute Gasteiger partial charge is 0.341 e. The van der Waals surface area contributed by atoms with Gasteiger partial charge >= 0.3 is 5.97 Å². The molecule has 1 aromatic heterocycles. The summed E-state index contributed by atoms with van der Waals surface area (Å²) in [6.07, 6.45) is 3.79. The lowest BCUT2D eigenvalue weighted by atomic mass is 9.95.